The van der Waals surface area contributed by atoms with Crippen LogP contribution in [-0.4, -0.2) is 15.0 Å². The van der Waals surface area contributed by atoms with Gasteiger partial charge in [0, 0.05) is 11.8 Å². The highest BCUT2D eigenvalue weighted by molar-refractivity contribution is 7.99. The molecule has 7 heteroatoms. The van der Waals surface area contributed by atoms with Gasteiger partial charge in [-0.1, -0.05) is 0 Å². The number of H-pyrrole nitrogens is 1. The Balaban J connectivity index is 2.49. The van der Waals surface area contributed by atoms with E-state index < -0.39 is 0 Å². The lowest BCUT2D eigenvalue weighted by Gasteiger charge is -2.06. The van der Waals surface area contributed by atoms with Gasteiger partial charge >= 0.3 is 0 Å². The number of hydrogen-bond donors (Lipinski definition) is 2. The minimum absolute atomic E-state index is 0.133. The molecule has 0 saturated carbocycles. The number of nitrogen functional groups attached to an aromatic ring is 1. The van der Waals surface area contributed by atoms with E-state index in [2.05, 4.69) is 21.0 Å². The summed E-state index contributed by atoms with van der Waals surface area (Å²) in [6, 6.07) is 5.14. The molecule has 0 unspecified atom stereocenters. The Morgan fingerprint density at radius 1 is 1.37 bits per heavy atom. The molecule has 0 bridgehead atoms. The summed E-state index contributed by atoms with van der Waals surface area (Å²) in [6.07, 6.45) is 0. The summed E-state index contributed by atoms with van der Waals surface area (Å²) in [7, 11) is 0. The lowest BCUT2D eigenvalue weighted by Crippen LogP contribution is -2.09. The quantitative estimate of drug-likeness (QED) is 0.800. The van der Waals surface area contributed by atoms with Gasteiger partial charge < -0.3 is 10.7 Å². The Labute approximate surface area is 113 Å². The van der Waals surface area contributed by atoms with Crippen molar-refractivity contribution in [3.8, 4) is 6.07 Å². The zero-order valence-corrected chi connectivity index (χ0v) is 11.2. The first-order valence-electron chi connectivity index (χ1n) is 5.42. The number of nitrogens with two attached hydrogens (primary N) is 1. The molecule has 0 radical (unpaired) electrons. The van der Waals surface area contributed by atoms with Crippen molar-refractivity contribution in [2.45, 2.75) is 24.0 Å². The molecule has 6 nitrogen and oxygen atoms in total. The van der Waals surface area contributed by atoms with Crippen molar-refractivity contribution >= 4 is 17.6 Å². The van der Waals surface area contributed by atoms with Crippen LogP contribution in [0.3, 0.4) is 0 Å². The van der Waals surface area contributed by atoms with E-state index in [9.17, 15) is 4.79 Å². The molecule has 0 spiro atoms. The monoisotopic (exact) mass is 273 g/mol. The Hall–Kier alpha value is -2.33. The molecule has 0 fully saturated rings. The summed E-state index contributed by atoms with van der Waals surface area (Å²) in [5.74, 6) is 0.133. The molecule has 0 aliphatic carbocycles. The van der Waals surface area contributed by atoms with Crippen molar-refractivity contribution in [3.05, 3.63) is 39.3 Å². The first-order valence-corrected chi connectivity index (χ1v) is 6.24. The average Bonchev–Trinajstić information content (AvgIpc) is 2.26. The summed E-state index contributed by atoms with van der Waals surface area (Å²) >= 11 is 1.12. The molecule has 2 aromatic heterocycles. The second-order valence-electron chi connectivity index (χ2n) is 3.95. The predicted molar refractivity (Wildman–Crippen MR) is 71.8 cm³/mol. The van der Waals surface area contributed by atoms with Gasteiger partial charge in [-0.2, -0.15) is 5.26 Å². The van der Waals surface area contributed by atoms with E-state index in [1.807, 2.05) is 19.9 Å². The third-order valence-corrected chi connectivity index (χ3v) is 3.23. The van der Waals surface area contributed by atoms with Gasteiger partial charge in [-0.3, -0.25) is 4.79 Å². The number of nitriles is 1. The van der Waals surface area contributed by atoms with E-state index >= 15 is 0 Å². The van der Waals surface area contributed by atoms with Crippen LogP contribution in [0.25, 0.3) is 0 Å². The standard InChI is InChI=1S/C12H11N5OS/c1-6-3-7(2)15-11(8(6)5-13)19-12-16-9(14)4-10(18)17-12/h3-4H,1-2H3,(H3,14,16,17,18). The van der Waals surface area contributed by atoms with Crippen LogP contribution >= 0.6 is 11.8 Å². The van der Waals surface area contributed by atoms with Crippen LogP contribution < -0.4 is 11.3 Å². The summed E-state index contributed by atoms with van der Waals surface area (Å²) < 4.78 is 0. The molecule has 2 heterocycles. The first-order chi connectivity index (χ1) is 8.99. The molecule has 19 heavy (non-hydrogen) atoms. The molecule has 0 aliphatic rings. The van der Waals surface area contributed by atoms with Gasteiger partial charge in [0.05, 0.1) is 5.56 Å². The topological polar surface area (TPSA) is 108 Å². The number of aromatic nitrogens is 3. The van der Waals surface area contributed by atoms with Crippen molar-refractivity contribution in [2.24, 2.45) is 0 Å². The highest BCUT2D eigenvalue weighted by Crippen LogP contribution is 2.27. The number of anilines is 1. The minimum atomic E-state index is -0.335. The number of rotatable bonds is 2. The second kappa shape index (κ2) is 5.12. The maximum absolute atomic E-state index is 11.3. The summed E-state index contributed by atoms with van der Waals surface area (Å²) in [4.78, 5) is 22.2. The molecule has 0 aliphatic heterocycles. The molecule has 0 saturated heterocycles. The summed E-state index contributed by atoms with van der Waals surface area (Å²) in [5.41, 5.74) is 7.28. The van der Waals surface area contributed by atoms with E-state index in [1.54, 1.807) is 0 Å². The van der Waals surface area contributed by atoms with Crippen molar-refractivity contribution < 1.29 is 0 Å². The highest BCUT2D eigenvalue weighted by Gasteiger charge is 2.11. The Morgan fingerprint density at radius 2 is 2.11 bits per heavy atom. The van der Waals surface area contributed by atoms with E-state index in [-0.39, 0.29) is 11.4 Å². The van der Waals surface area contributed by atoms with Crippen LogP contribution in [0.5, 0.6) is 0 Å². The zero-order chi connectivity index (χ0) is 14.0. The average molecular weight is 273 g/mol. The van der Waals surface area contributed by atoms with Crippen molar-refractivity contribution in [1.29, 1.82) is 5.26 Å². The van der Waals surface area contributed by atoms with Crippen LogP contribution in [0, 0.1) is 25.2 Å². The van der Waals surface area contributed by atoms with E-state index in [0.717, 1.165) is 23.0 Å². The van der Waals surface area contributed by atoms with Gasteiger partial charge in [-0.25, -0.2) is 9.97 Å². The second-order valence-corrected chi connectivity index (χ2v) is 4.93. The molecule has 0 aromatic carbocycles. The number of pyridine rings is 1. The molecular formula is C12H11N5OS. The molecule has 0 amide bonds. The summed E-state index contributed by atoms with van der Waals surface area (Å²) in [6.45, 7) is 3.68. The molecule has 2 rings (SSSR count). The van der Waals surface area contributed by atoms with E-state index in [1.165, 1.54) is 6.07 Å². The third kappa shape index (κ3) is 2.92. The number of hydrogen-bond acceptors (Lipinski definition) is 6. The van der Waals surface area contributed by atoms with Gasteiger partial charge in [0.1, 0.15) is 16.9 Å². The molecule has 2 aromatic rings. The van der Waals surface area contributed by atoms with Crippen LogP contribution in [-0.2, 0) is 0 Å². The van der Waals surface area contributed by atoms with Gasteiger partial charge in [-0.05, 0) is 37.2 Å². The Kier molecular flexibility index (Phi) is 3.53. The fraction of sp³-hybridized carbons (Fsp3) is 0.167. The fourth-order valence-corrected chi connectivity index (χ4v) is 2.59. The minimum Gasteiger partial charge on any atom is -0.383 e. The van der Waals surface area contributed by atoms with Crippen molar-refractivity contribution in [3.63, 3.8) is 0 Å². The zero-order valence-electron chi connectivity index (χ0n) is 10.4. The maximum Gasteiger partial charge on any atom is 0.253 e. The van der Waals surface area contributed by atoms with Crippen molar-refractivity contribution in [2.75, 3.05) is 5.73 Å². The maximum atomic E-state index is 11.3. The fourth-order valence-electron chi connectivity index (χ4n) is 1.61. The number of nitrogens with one attached hydrogen (secondary N) is 1. The highest BCUT2D eigenvalue weighted by atomic mass is 32.2. The molecule has 0 atom stereocenters. The number of aryl methyl sites for hydroxylation is 2. The van der Waals surface area contributed by atoms with Crippen LogP contribution in [0.1, 0.15) is 16.8 Å². The number of nitrogens with zero attached hydrogens (tertiary/aromatic N) is 3. The smallest absolute Gasteiger partial charge is 0.253 e. The van der Waals surface area contributed by atoms with Crippen molar-refractivity contribution in [1.82, 2.24) is 15.0 Å². The Morgan fingerprint density at radius 3 is 2.74 bits per heavy atom. The third-order valence-electron chi connectivity index (χ3n) is 2.36. The number of aromatic amines is 1. The largest absolute Gasteiger partial charge is 0.383 e. The van der Waals surface area contributed by atoms with Gasteiger partial charge in [-0.15, -0.1) is 0 Å². The summed E-state index contributed by atoms with van der Waals surface area (Å²) in [5, 5.41) is 9.98. The van der Waals surface area contributed by atoms with E-state index in [4.69, 9.17) is 11.0 Å². The van der Waals surface area contributed by atoms with Crippen LogP contribution in [0.2, 0.25) is 0 Å². The van der Waals surface area contributed by atoms with Gasteiger partial charge in [0.15, 0.2) is 5.16 Å². The first kappa shape index (κ1) is 13.1. The molecule has 3 N–H and O–H groups in total. The normalized spacial score (nSPS) is 10.2. The lowest BCUT2D eigenvalue weighted by atomic mass is 10.1. The van der Waals surface area contributed by atoms with Crippen LogP contribution in [0.15, 0.2) is 27.1 Å². The Bertz CT molecular complexity index is 732. The molecular weight excluding hydrogens is 262 g/mol. The van der Waals surface area contributed by atoms with E-state index in [0.29, 0.717) is 15.7 Å². The van der Waals surface area contributed by atoms with Gasteiger partial charge in [0.25, 0.3) is 5.56 Å². The predicted octanol–water partition coefficient (Wildman–Crippen LogP) is 1.39. The van der Waals surface area contributed by atoms with Crippen LogP contribution in [0.4, 0.5) is 5.82 Å². The lowest BCUT2D eigenvalue weighted by molar-refractivity contribution is 0.934. The SMILES string of the molecule is Cc1cc(C)c(C#N)c(Sc2nc(N)cc(=O)[nH]2)n1. The van der Waals surface area contributed by atoms with Gasteiger partial charge in [0.2, 0.25) is 0 Å². The molecule has 96 valence electrons.